The zero-order valence-corrected chi connectivity index (χ0v) is 8.42. The predicted molar refractivity (Wildman–Crippen MR) is 51.2 cm³/mol. The van der Waals surface area contributed by atoms with Crippen LogP contribution < -0.4 is 5.32 Å². The number of rotatable bonds is 4. The number of carbonyl (C=O) groups excluding carboxylic acids is 1. The second-order valence-electron chi connectivity index (χ2n) is 4.28. The maximum absolute atomic E-state index is 11.1. The summed E-state index contributed by atoms with van der Waals surface area (Å²) in [5.41, 5.74) is 0. The zero-order valence-electron chi connectivity index (χ0n) is 8.42. The van der Waals surface area contributed by atoms with E-state index in [9.17, 15) is 4.79 Å². The Morgan fingerprint density at radius 3 is 2.85 bits per heavy atom. The Kier molecular flexibility index (Phi) is 3.72. The number of amides is 1. The van der Waals surface area contributed by atoms with E-state index in [1.54, 1.807) is 0 Å². The molecule has 1 heterocycles. The number of hydrogen-bond donors (Lipinski definition) is 2. The molecule has 1 aliphatic heterocycles. The number of aliphatic hydroxyl groups excluding tert-OH is 1. The van der Waals surface area contributed by atoms with E-state index in [0.29, 0.717) is 24.3 Å². The van der Waals surface area contributed by atoms with Gasteiger partial charge in [-0.2, -0.15) is 0 Å². The molecule has 76 valence electrons. The van der Waals surface area contributed by atoms with E-state index >= 15 is 0 Å². The lowest BCUT2D eigenvalue weighted by molar-refractivity contribution is -0.119. The van der Waals surface area contributed by atoms with Crippen LogP contribution in [0.2, 0.25) is 0 Å². The van der Waals surface area contributed by atoms with Crippen molar-refractivity contribution in [2.24, 2.45) is 11.8 Å². The Morgan fingerprint density at radius 1 is 1.62 bits per heavy atom. The molecular formula is C10H19NO2. The predicted octanol–water partition coefficient (Wildman–Crippen LogP) is 0.920. The molecule has 0 aromatic rings. The molecule has 0 aromatic carbocycles. The second-order valence-corrected chi connectivity index (χ2v) is 4.28. The molecule has 3 heteroatoms. The molecule has 0 bridgehead atoms. The summed E-state index contributed by atoms with van der Waals surface area (Å²) in [6, 6.07) is 0.291. The van der Waals surface area contributed by atoms with Crippen LogP contribution in [0.25, 0.3) is 0 Å². The highest BCUT2D eigenvalue weighted by atomic mass is 16.3. The van der Waals surface area contributed by atoms with Gasteiger partial charge in [0.15, 0.2) is 0 Å². The van der Waals surface area contributed by atoms with Crippen LogP contribution in [0, 0.1) is 11.8 Å². The number of carbonyl (C=O) groups is 1. The van der Waals surface area contributed by atoms with Gasteiger partial charge >= 0.3 is 0 Å². The molecule has 1 saturated heterocycles. The van der Waals surface area contributed by atoms with Gasteiger partial charge in [0.05, 0.1) is 0 Å². The van der Waals surface area contributed by atoms with Crippen LogP contribution in [0.15, 0.2) is 0 Å². The smallest absolute Gasteiger partial charge is 0.220 e. The maximum Gasteiger partial charge on any atom is 0.220 e. The first-order valence-electron chi connectivity index (χ1n) is 5.03. The minimum Gasteiger partial charge on any atom is -0.396 e. The summed E-state index contributed by atoms with van der Waals surface area (Å²) in [7, 11) is 0. The summed E-state index contributed by atoms with van der Waals surface area (Å²) in [4.78, 5) is 11.1. The third kappa shape index (κ3) is 2.99. The summed E-state index contributed by atoms with van der Waals surface area (Å²) in [5.74, 6) is 1.09. The molecule has 3 nitrogen and oxygen atoms in total. The summed E-state index contributed by atoms with van der Waals surface area (Å²) >= 11 is 0. The molecule has 2 N–H and O–H groups in total. The number of nitrogens with one attached hydrogen (secondary N) is 1. The first kappa shape index (κ1) is 10.5. The SMILES string of the molecule is CC(C)C[C@H]1NC(=O)C[C@@H]1CCO. The van der Waals surface area contributed by atoms with Gasteiger partial charge in [0.2, 0.25) is 5.91 Å². The molecule has 0 spiro atoms. The molecule has 0 aromatic heterocycles. The Balaban J connectivity index is 2.45. The number of aliphatic hydroxyl groups is 1. The topological polar surface area (TPSA) is 49.3 Å². The quantitative estimate of drug-likeness (QED) is 0.684. The zero-order chi connectivity index (χ0) is 9.84. The van der Waals surface area contributed by atoms with E-state index < -0.39 is 0 Å². The van der Waals surface area contributed by atoms with Crippen LogP contribution in [-0.2, 0) is 4.79 Å². The summed E-state index contributed by atoms with van der Waals surface area (Å²) in [6.45, 7) is 4.50. The summed E-state index contributed by atoms with van der Waals surface area (Å²) in [6.07, 6.45) is 2.37. The third-order valence-corrected chi connectivity index (χ3v) is 2.59. The molecule has 13 heavy (non-hydrogen) atoms. The van der Waals surface area contributed by atoms with E-state index in [1.165, 1.54) is 0 Å². The van der Waals surface area contributed by atoms with Crippen LogP contribution in [-0.4, -0.2) is 23.7 Å². The van der Waals surface area contributed by atoms with Crippen LogP contribution >= 0.6 is 0 Å². The number of hydrogen-bond acceptors (Lipinski definition) is 2. The lowest BCUT2D eigenvalue weighted by atomic mass is 9.91. The second kappa shape index (κ2) is 4.61. The molecule has 2 atom stereocenters. The van der Waals surface area contributed by atoms with Gasteiger partial charge in [-0.25, -0.2) is 0 Å². The van der Waals surface area contributed by atoms with Crippen molar-refractivity contribution in [1.29, 1.82) is 0 Å². The lowest BCUT2D eigenvalue weighted by Crippen LogP contribution is -2.30. The van der Waals surface area contributed by atoms with E-state index in [2.05, 4.69) is 19.2 Å². The standard InChI is InChI=1S/C10H19NO2/c1-7(2)5-9-8(3-4-12)6-10(13)11-9/h7-9,12H,3-6H2,1-2H3,(H,11,13)/t8-,9+/m0/s1. The minimum absolute atomic E-state index is 0.143. The Morgan fingerprint density at radius 2 is 2.31 bits per heavy atom. The maximum atomic E-state index is 11.1. The third-order valence-electron chi connectivity index (χ3n) is 2.59. The van der Waals surface area contributed by atoms with Gasteiger partial charge in [0.1, 0.15) is 0 Å². The fourth-order valence-electron chi connectivity index (χ4n) is 1.99. The normalized spacial score (nSPS) is 28.2. The Bertz CT molecular complexity index is 180. The first-order chi connectivity index (χ1) is 6.13. The van der Waals surface area contributed by atoms with Gasteiger partial charge in [-0.1, -0.05) is 13.8 Å². The first-order valence-corrected chi connectivity index (χ1v) is 5.03. The molecule has 0 unspecified atom stereocenters. The van der Waals surface area contributed by atoms with Crippen molar-refractivity contribution in [3.8, 4) is 0 Å². The van der Waals surface area contributed by atoms with Crippen molar-refractivity contribution in [3.05, 3.63) is 0 Å². The molecule has 1 fully saturated rings. The molecule has 1 rings (SSSR count). The molecule has 0 saturated carbocycles. The average Bonchev–Trinajstić information content (AvgIpc) is 2.31. The van der Waals surface area contributed by atoms with Crippen LogP contribution in [0.1, 0.15) is 33.1 Å². The molecule has 1 aliphatic rings. The van der Waals surface area contributed by atoms with Crippen molar-refractivity contribution in [2.45, 2.75) is 39.2 Å². The van der Waals surface area contributed by atoms with Crippen molar-refractivity contribution in [3.63, 3.8) is 0 Å². The highest BCUT2D eigenvalue weighted by molar-refractivity contribution is 5.79. The van der Waals surface area contributed by atoms with Crippen LogP contribution in [0.3, 0.4) is 0 Å². The van der Waals surface area contributed by atoms with Gasteiger partial charge in [-0.15, -0.1) is 0 Å². The molecule has 1 amide bonds. The Hall–Kier alpha value is -0.570. The van der Waals surface area contributed by atoms with Crippen molar-refractivity contribution < 1.29 is 9.90 Å². The van der Waals surface area contributed by atoms with Gasteiger partial charge < -0.3 is 10.4 Å². The van der Waals surface area contributed by atoms with E-state index in [4.69, 9.17) is 5.11 Å². The van der Waals surface area contributed by atoms with Gasteiger partial charge in [-0.3, -0.25) is 4.79 Å². The lowest BCUT2D eigenvalue weighted by Gasteiger charge is -2.19. The molecule has 0 aliphatic carbocycles. The van der Waals surface area contributed by atoms with Crippen LogP contribution in [0.5, 0.6) is 0 Å². The fraction of sp³-hybridized carbons (Fsp3) is 0.900. The summed E-state index contributed by atoms with van der Waals surface area (Å²) < 4.78 is 0. The van der Waals surface area contributed by atoms with E-state index in [-0.39, 0.29) is 12.5 Å². The summed E-state index contributed by atoms with van der Waals surface area (Å²) in [5, 5.41) is 11.8. The van der Waals surface area contributed by atoms with Gasteiger partial charge in [-0.05, 0) is 24.7 Å². The van der Waals surface area contributed by atoms with Crippen LogP contribution in [0.4, 0.5) is 0 Å². The minimum atomic E-state index is 0.143. The highest BCUT2D eigenvalue weighted by Gasteiger charge is 2.31. The van der Waals surface area contributed by atoms with Crippen molar-refractivity contribution in [1.82, 2.24) is 5.32 Å². The largest absolute Gasteiger partial charge is 0.396 e. The fourth-order valence-corrected chi connectivity index (χ4v) is 1.99. The van der Waals surface area contributed by atoms with Crippen molar-refractivity contribution in [2.75, 3.05) is 6.61 Å². The van der Waals surface area contributed by atoms with E-state index in [0.717, 1.165) is 12.8 Å². The monoisotopic (exact) mass is 185 g/mol. The molecular weight excluding hydrogens is 166 g/mol. The average molecular weight is 185 g/mol. The Labute approximate surface area is 79.5 Å². The van der Waals surface area contributed by atoms with Gasteiger partial charge in [0.25, 0.3) is 0 Å². The highest BCUT2D eigenvalue weighted by Crippen LogP contribution is 2.24. The van der Waals surface area contributed by atoms with Crippen molar-refractivity contribution >= 4 is 5.91 Å². The molecule has 0 radical (unpaired) electrons. The van der Waals surface area contributed by atoms with E-state index in [1.807, 2.05) is 0 Å². The van der Waals surface area contributed by atoms with Gasteiger partial charge in [0, 0.05) is 19.1 Å².